The number of fused-ring (bicyclic) bond motifs is 1. The molecule has 0 aliphatic carbocycles. The number of nitrogens with one attached hydrogen (secondary N) is 1. The smallest absolute Gasteiger partial charge is 0.227 e. The summed E-state index contributed by atoms with van der Waals surface area (Å²) < 4.78 is 0. The Kier molecular flexibility index (Phi) is 2.00. The zero-order valence-electron chi connectivity index (χ0n) is 7.58. The van der Waals surface area contributed by atoms with Gasteiger partial charge in [-0.15, -0.1) is 0 Å². The summed E-state index contributed by atoms with van der Waals surface area (Å²) in [6.45, 7) is 1.95. The maximum Gasteiger partial charge on any atom is 0.227 e. The highest BCUT2D eigenvalue weighted by atomic mass is 16.1. The molecule has 0 saturated carbocycles. The van der Waals surface area contributed by atoms with E-state index in [9.17, 15) is 4.79 Å². The molecular weight excluding hydrogens is 164 g/mol. The van der Waals surface area contributed by atoms with Crippen molar-refractivity contribution in [2.45, 2.75) is 19.8 Å². The number of pyridine rings is 1. The molecule has 1 unspecified atom stereocenters. The normalized spacial score (nSPS) is 21.6. The molecule has 2 rings (SSSR count). The number of amides is 1. The number of aromatic nitrogens is 1. The van der Waals surface area contributed by atoms with E-state index in [4.69, 9.17) is 0 Å². The Morgan fingerprint density at radius 2 is 2.46 bits per heavy atom. The fraction of sp³-hybridized carbons (Fsp3) is 0.400. The topological polar surface area (TPSA) is 42.0 Å². The van der Waals surface area contributed by atoms with Crippen molar-refractivity contribution in [2.75, 3.05) is 5.32 Å². The molecule has 0 aromatic carbocycles. The maximum atomic E-state index is 11.4. The van der Waals surface area contributed by atoms with Gasteiger partial charge in [0, 0.05) is 12.1 Å². The number of anilines is 1. The first kappa shape index (κ1) is 8.23. The highest BCUT2D eigenvalue weighted by Gasteiger charge is 2.19. The van der Waals surface area contributed by atoms with Crippen LogP contribution >= 0.6 is 0 Å². The molecule has 1 atom stereocenters. The summed E-state index contributed by atoms with van der Waals surface area (Å²) in [6.07, 6.45) is 3.53. The second-order valence-corrected chi connectivity index (χ2v) is 3.43. The van der Waals surface area contributed by atoms with Gasteiger partial charge in [-0.3, -0.25) is 9.78 Å². The molecule has 3 heteroatoms. The second kappa shape index (κ2) is 3.17. The summed E-state index contributed by atoms with van der Waals surface area (Å²) >= 11 is 0. The van der Waals surface area contributed by atoms with Crippen molar-refractivity contribution in [3.8, 4) is 0 Å². The summed E-state index contributed by atoms with van der Waals surface area (Å²) in [4.78, 5) is 15.7. The van der Waals surface area contributed by atoms with E-state index in [0.717, 1.165) is 24.2 Å². The lowest BCUT2D eigenvalue weighted by Gasteiger charge is -2.05. The molecule has 3 nitrogen and oxygen atoms in total. The van der Waals surface area contributed by atoms with Gasteiger partial charge in [0.2, 0.25) is 5.91 Å². The molecule has 1 aliphatic heterocycles. The van der Waals surface area contributed by atoms with Crippen LogP contribution in [0.25, 0.3) is 0 Å². The highest BCUT2D eigenvalue weighted by molar-refractivity contribution is 5.93. The molecule has 1 aliphatic rings. The van der Waals surface area contributed by atoms with Gasteiger partial charge in [0.05, 0.1) is 11.4 Å². The molecule has 1 N–H and O–H groups in total. The van der Waals surface area contributed by atoms with Crippen molar-refractivity contribution in [2.24, 2.45) is 5.92 Å². The van der Waals surface area contributed by atoms with Crippen LogP contribution in [0.4, 0.5) is 5.69 Å². The number of carbonyl (C=O) groups is 1. The average molecular weight is 176 g/mol. The highest BCUT2D eigenvalue weighted by Crippen LogP contribution is 2.21. The molecule has 1 aromatic rings. The third-order valence-corrected chi connectivity index (χ3v) is 2.41. The Morgan fingerprint density at radius 3 is 3.31 bits per heavy atom. The Hall–Kier alpha value is -1.38. The molecule has 68 valence electrons. The van der Waals surface area contributed by atoms with Crippen molar-refractivity contribution in [1.82, 2.24) is 4.98 Å². The van der Waals surface area contributed by atoms with Crippen LogP contribution in [0.15, 0.2) is 18.3 Å². The van der Waals surface area contributed by atoms with E-state index in [1.807, 2.05) is 19.1 Å². The monoisotopic (exact) mass is 176 g/mol. The van der Waals surface area contributed by atoms with Crippen molar-refractivity contribution >= 4 is 11.6 Å². The molecule has 0 fully saturated rings. The number of carbonyl (C=O) groups excluding carboxylic acids is 1. The van der Waals surface area contributed by atoms with E-state index >= 15 is 0 Å². The molecule has 1 amide bonds. The van der Waals surface area contributed by atoms with E-state index in [1.54, 1.807) is 6.20 Å². The summed E-state index contributed by atoms with van der Waals surface area (Å²) in [5, 5.41) is 2.87. The van der Waals surface area contributed by atoms with Crippen molar-refractivity contribution in [1.29, 1.82) is 0 Å². The van der Waals surface area contributed by atoms with Gasteiger partial charge in [0.15, 0.2) is 0 Å². The van der Waals surface area contributed by atoms with E-state index < -0.39 is 0 Å². The quantitative estimate of drug-likeness (QED) is 0.652. The minimum Gasteiger partial charge on any atom is -0.324 e. The summed E-state index contributed by atoms with van der Waals surface area (Å²) in [7, 11) is 0. The molecular formula is C10H12N2O. The summed E-state index contributed by atoms with van der Waals surface area (Å²) in [5.74, 6) is 0.195. The van der Waals surface area contributed by atoms with Crippen LogP contribution in [0.2, 0.25) is 0 Å². The largest absolute Gasteiger partial charge is 0.324 e. The predicted octanol–water partition coefficient (Wildman–Crippen LogP) is 1.60. The van der Waals surface area contributed by atoms with E-state index in [2.05, 4.69) is 10.3 Å². The predicted molar refractivity (Wildman–Crippen MR) is 50.4 cm³/mol. The van der Waals surface area contributed by atoms with Gasteiger partial charge in [-0.05, 0) is 25.0 Å². The third kappa shape index (κ3) is 1.54. The third-order valence-electron chi connectivity index (χ3n) is 2.41. The Bertz CT molecular complexity index is 335. The molecule has 0 spiro atoms. The number of hydrogen-bond acceptors (Lipinski definition) is 2. The number of nitrogens with zero attached hydrogens (tertiary/aromatic N) is 1. The average Bonchev–Trinajstić information content (AvgIpc) is 2.28. The molecule has 0 bridgehead atoms. The SMILES string of the molecule is CC1CCc2ncccc2NC1=O. The van der Waals surface area contributed by atoms with Crippen LogP contribution < -0.4 is 5.32 Å². The Balaban J connectivity index is 2.35. The maximum absolute atomic E-state index is 11.4. The minimum absolute atomic E-state index is 0.0919. The van der Waals surface area contributed by atoms with Crippen LogP contribution in [-0.2, 0) is 11.2 Å². The molecule has 2 heterocycles. The minimum atomic E-state index is 0.0919. The lowest BCUT2D eigenvalue weighted by molar-refractivity contribution is -0.119. The zero-order valence-corrected chi connectivity index (χ0v) is 7.58. The van der Waals surface area contributed by atoms with Crippen LogP contribution in [-0.4, -0.2) is 10.9 Å². The zero-order chi connectivity index (χ0) is 9.26. The van der Waals surface area contributed by atoms with Crippen LogP contribution in [0, 0.1) is 5.92 Å². The first-order chi connectivity index (χ1) is 6.27. The van der Waals surface area contributed by atoms with E-state index in [-0.39, 0.29) is 11.8 Å². The van der Waals surface area contributed by atoms with E-state index in [0.29, 0.717) is 0 Å². The summed E-state index contributed by atoms with van der Waals surface area (Å²) in [5.41, 5.74) is 1.87. The van der Waals surface area contributed by atoms with Gasteiger partial charge in [-0.25, -0.2) is 0 Å². The lowest BCUT2D eigenvalue weighted by atomic mass is 10.1. The Labute approximate surface area is 77.2 Å². The van der Waals surface area contributed by atoms with Crippen molar-refractivity contribution < 1.29 is 4.79 Å². The van der Waals surface area contributed by atoms with Crippen molar-refractivity contribution in [3.63, 3.8) is 0 Å². The molecule has 1 aromatic heterocycles. The molecule has 13 heavy (non-hydrogen) atoms. The van der Waals surface area contributed by atoms with E-state index in [1.165, 1.54) is 0 Å². The van der Waals surface area contributed by atoms with Gasteiger partial charge in [0.1, 0.15) is 0 Å². The number of aryl methyl sites for hydroxylation is 1. The fourth-order valence-corrected chi connectivity index (χ4v) is 1.49. The standard InChI is InChI=1S/C10H12N2O/c1-7-4-5-8-9(12-10(7)13)3-2-6-11-8/h2-3,6-7H,4-5H2,1H3,(H,12,13). The van der Waals surface area contributed by atoms with Crippen LogP contribution in [0.3, 0.4) is 0 Å². The number of hydrogen-bond donors (Lipinski definition) is 1. The van der Waals surface area contributed by atoms with Crippen LogP contribution in [0.5, 0.6) is 0 Å². The van der Waals surface area contributed by atoms with Gasteiger partial charge in [0.25, 0.3) is 0 Å². The molecule has 0 radical (unpaired) electrons. The Morgan fingerprint density at radius 1 is 1.62 bits per heavy atom. The van der Waals surface area contributed by atoms with Gasteiger partial charge >= 0.3 is 0 Å². The van der Waals surface area contributed by atoms with Crippen LogP contribution in [0.1, 0.15) is 19.0 Å². The molecule has 0 saturated heterocycles. The van der Waals surface area contributed by atoms with Gasteiger partial charge in [-0.1, -0.05) is 6.92 Å². The fourth-order valence-electron chi connectivity index (χ4n) is 1.49. The second-order valence-electron chi connectivity index (χ2n) is 3.43. The van der Waals surface area contributed by atoms with Gasteiger partial charge in [-0.2, -0.15) is 0 Å². The summed E-state index contributed by atoms with van der Waals surface area (Å²) in [6, 6.07) is 3.74. The first-order valence-electron chi connectivity index (χ1n) is 4.52. The van der Waals surface area contributed by atoms with Crippen molar-refractivity contribution in [3.05, 3.63) is 24.0 Å². The lowest BCUT2D eigenvalue weighted by Crippen LogP contribution is -2.18. The van der Waals surface area contributed by atoms with Gasteiger partial charge < -0.3 is 5.32 Å². The first-order valence-corrected chi connectivity index (χ1v) is 4.52. The number of rotatable bonds is 0.